The number of anilines is 1. The van der Waals surface area contributed by atoms with Crippen LogP contribution in [0.1, 0.15) is 64.8 Å². The molecule has 3 heterocycles. The Kier molecular flexibility index (Phi) is 7.65. The molecule has 8 nitrogen and oxygen atoms in total. The Hall–Kier alpha value is -2.27. The first-order chi connectivity index (χ1) is 16.6. The van der Waals surface area contributed by atoms with Crippen molar-refractivity contribution in [2.75, 3.05) is 32.1 Å². The Morgan fingerprint density at radius 2 is 1.77 bits per heavy atom. The van der Waals surface area contributed by atoms with Crippen molar-refractivity contribution in [3.8, 4) is 0 Å². The minimum atomic E-state index is -3.58. The third kappa shape index (κ3) is 5.30. The van der Waals surface area contributed by atoms with E-state index in [0.29, 0.717) is 47.6 Å². The standard InChI is InChI=1S/C25H33N3O5S2/c1-16(2)27-12-11-20-21(15-27)34-24(22(20)25(30)33-4)26-23(29)18-5-7-19(8-6-18)35(31,32)28-13-9-17(3)10-14-28/h5-8,16-17H,9-15H2,1-4H3,(H,26,29). The third-order valence-corrected chi connectivity index (χ3v) is 9.98. The fraction of sp³-hybridized carbons (Fsp3) is 0.520. The van der Waals surface area contributed by atoms with E-state index < -0.39 is 21.9 Å². The number of rotatable bonds is 6. The first-order valence-electron chi connectivity index (χ1n) is 12.0. The highest BCUT2D eigenvalue weighted by Gasteiger charge is 2.31. The van der Waals surface area contributed by atoms with E-state index in [4.69, 9.17) is 4.74 Å². The van der Waals surface area contributed by atoms with Gasteiger partial charge in [0.2, 0.25) is 10.0 Å². The normalized spacial score (nSPS) is 17.9. The van der Waals surface area contributed by atoms with Crippen molar-refractivity contribution >= 4 is 38.2 Å². The van der Waals surface area contributed by atoms with E-state index in [-0.39, 0.29) is 4.90 Å². The van der Waals surface area contributed by atoms with Crippen LogP contribution in [-0.2, 0) is 27.7 Å². The van der Waals surface area contributed by atoms with Crippen molar-refractivity contribution in [3.05, 3.63) is 45.8 Å². The van der Waals surface area contributed by atoms with Crippen molar-refractivity contribution in [1.82, 2.24) is 9.21 Å². The van der Waals surface area contributed by atoms with Gasteiger partial charge in [0.15, 0.2) is 0 Å². The Labute approximate surface area is 211 Å². The van der Waals surface area contributed by atoms with Crippen LogP contribution in [0.25, 0.3) is 0 Å². The second-order valence-electron chi connectivity index (χ2n) is 9.58. The van der Waals surface area contributed by atoms with Gasteiger partial charge in [-0.2, -0.15) is 4.31 Å². The summed E-state index contributed by atoms with van der Waals surface area (Å²) in [6.45, 7) is 8.99. The number of thiophene rings is 1. The Balaban J connectivity index is 1.54. The summed E-state index contributed by atoms with van der Waals surface area (Å²) in [4.78, 5) is 29.2. The maximum Gasteiger partial charge on any atom is 0.341 e. The predicted molar refractivity (Wildman–Crippen MR) is 136 cm³/mol. The molecule has 1 fully saturated rings. The highest BCUT2D eigenvalue weighted by Crippen LogP contribution is 2.38. The average molecular weight is 520 g/mol. The average Bonchev–Trinajstić information content (AvgIpc) is 3.20. The monoisotopic (exact) mass is 519 g/mol. The largest absolute Gasteiger partial charge is 0.465 e. The van der Waals surface area contributed by atoms with Crippen molar-refractivity contribution < 1.29 is 22.7 Å². The number of nitrogens with one attached hydrogen (secondary N) is 1. The molecule has 1 saturated heterocycles. The highest BCUT2D eigenvalue weighted by molar-refractivity contribution is 7.89. The van der Waals surface area contributed by atoms with Crippen LogP contribution in [0.15, 0.2) is 29.2 Å². The van der Waals surface area contributed by atoms with Crippen LogP contribution in [0.2, 0.25) is 0 Å². The van der Waals surface area contributed by atoms with Crippen LogP contribution in [0.3, 0.4) is 0 Å². The molecule has 0 aliphatic carbocycles. The minimum Gasteiger partial charge on any atom is -0.465 e. The Morgan fingerprint density at radius 1 is 1.11 bits per heavy atom. The van der Waals surface area contributed by atoms with Gasteiger partial charge in [-0.15, -0.1) is 11.3 Å². The van der Waals surface area contributed by atoms with Crippen LogP contribution in [0, 0.1) is 5.92 Å². The number of sulfonamides is 1. The van der Waals surface area contributed by atoms with Gasteiger partial charge in [0.05, 0.1) is 17.6 Å². The smallest absolute Gasteiger partial charge is 0.341 e. The molecule has 0 atom stereocenters. The number of hydrogen-bond acceptors (Lipinski definition) is 7. The van der Waals surface area contributed by atoms with Crippen molar-refractivity contribution in [1.29, 1.82) is 0 Å². The number of methoxy groups -OCH3 is 1. The van der Waals surface area contributed by atoms with Gasteiger partial charge in [0.1, 0.15) is 5.00 Å². The number of fused-ring (bicyclic) bond motifs is 1. The first-order valence-corrected chi connectivity index (χ1v) is 14.3. The van der Waals surface area contributed by atoms with Gasteiger partial charge in [-0.1, -0.05) is 6.92 Å². The number of hydrogen-bond donors (Lipinski definition) is 1. The van der Waals surface area contributed by atoms with Crippen LogP contribution in [0.4, 0.5) is 5.00 Å². The van der Waals surface area contributed by atoms with Crippen LogP contribution in [0.5, 0.6) is 0 Å². The molecular weight excluding hydrogens is 486 g/mol. The van der Waals surface area contributed by atoms with E-state index in [1.54, 1.807) is 0 Å². The summed E-state index contributed by atoms with van der Waals surface area (Å²) in [5.41, 5.74) is 1.68. The van der Waals surface area contributed by atoms with Gasteiger partial charge in [-0.05, 0) is 68.9 Å². The molecule has 190 valence electrons. The number of carbonyl (C=O) groups is 2. The number of benzene rings is 1. The Morgan fingerprint density at radius 3 is 2.37 bits per heavy atom. The summed E-state index contributed by atoms with van der Waals surface area (Å²) < 4.78 is 32.5. The second kappa shape index (κ2) is 10.4. The van der Waals surface area contributed by atoms with Crippen molar-refractivity contribution in [3.63, 3.8) is 0 Å². The van der Waals surface area contributed by atoms with E-state index in [9.17, 15) is 18.0 Å². The lowest BCUT2D eigenvalue weighted by Crippen LogP contribution is -2.37. The number of carbonyl (C=O) groups excluding carboxylic acids is 2. The van der Waals surface area contributed by atoms with Crippen molar-refractivity contribution in [2.45, 2.75) is 57.5 Å². The number of piperidine rings is 1. The predicted octanol–water partition coefficient (Wildman–Crippen LogP) is 3.97. The molecule has 0 unspecified atom stereocenters. The van der Waals surface area contributed by atoms with Gasteiger partial charge in [-0.25, -0.2) is 13.2 Å². The molecule has 1 amide bonds. The lowest BCUT2D eigenvalue weighted by atomic mass is 10.0. The SMILES string of the molecule is COC(=O)c1c(NC(=O)c2ccc(S(=O)(=O)N3CCC(C)CC3)cc2)sc2c1CCN(C(C)C)C2. The molecule has 4 rings (SSSR count). The Bertz CT molecular complexity index is 1200. The number of amides is 1. The minimum absolute atomic E-state index is 0.180. The summed E-state index contributed by atoms with van der Waals surface area (Å²) in [7, 11) is -2.25. The summed E-state index contributed by atoms with van der Waals surface area (Å²) in [5, 5.41) is 3.34. The van der Waals surface area contributed by atoms with E-state index in [2.05, 4.69) is 31.0 Å². The van der Waals surface area contributed by atoms with Gasteiger partial charge in [0, 0.05) is 42.7 Å². The molecule has 1 aromatic heterocycles. The highest BCUT2D eigenvalue weighted by atomic mass is 32.2. The lowest BCUT2D eigenvalue weighted by Gasteiger charge is -2.30. The molecule has 0 saturated carbocycles. The third-order valence-electron chi connectivity index (χ3n) is 6.93. The summed E-state index contributed by atoms with van der Waals surface area (Å²) in [6.07, 6.45) is 2.41. The fourth-order valence-electron chi connectivity index (χ4n) is 4.60. The summed E-state index contributed by atoms with van der Waals surface area (Å²) in [5.74, 6) is -0.336. The molecule has 10 heteroatoms. The van der Waals surface area contributed by atoms with Gasteiger partial charge < -0.3 is 10.1 Å². The van der Waals surface area contributed by atoms with E-state index >= 15 is 0 Å². The number of ether oxygens (including phenoxy) is 1. The molecule has 1 N–H and O–H groups in total. The van der Waals surface area contributed by atoms with E-state index in [1.165, 1.54) is 47.0 Å². The molecule has 2 aromatic rings. The fourth-order valence-corrected chi connectivity index (χ4v) is 7.32. The topological polar surface area (TPSA) is 96.0 Å². The summed E-state index contributed by atoms with van der Waals surface area (Å²) >= 11 is 1.40. The van der Waals surface area contributed by atoms with Crippen LogP contribution >= 0.6 is 11.3 Å². The summed E-state index contributed by atoms with van der Waals surface area (Å²) in [6, 6.07) is 6.36. The lowest BCUT2D eigenvalue weighted by molar-refractivity contribution is 0.0600. The molecule has 2 aliphatic heterocycles. The molecule has 35 heavy (non-hydrogen) atoms. The van der Waals surface area contributed by atoms with Gasteiger partial charge in [0.25, 0.3) is 5.91 Å². The zero-order chi connectivity index (χ0) is 25.3. The number of esters is 1. The maximum atomic E-state index is 13.0. The first kappa shape index (κ1) is 25.8. The zero-order valence-electron chi connectivity index (χ0n) is 20.7. The maximum absolute atomic E-state index is 13.0. The zero-order valence-corrected chi connectivity index (χ0v) is 22.3. The van der Waals surface area contributed by atoms with Crippen molar-refractivity contribution in [2.24, 2.45) is 5.92 Å². The van der Waals surface area contributed by atoms with Crippen LogP contribution in [-0.4, -0.2) is 62.3 Å². The molecule has 0 bridgehead atoms. The molecular formula is C25H33N3O5S2. The second-order valence-corrected chi connectivity index (χ2v) is 12.6. The molecule has 2 aliphatic rings. The molecule has 0 spiro atoms. The van der Waals surface area contributed by atoms with Gasteiger partial charge >= 0.3 is 5.97 Å². The molecule has 1 aromatic carbocycles. The van der Waals surface area contributed by atoms with E-state index in [1.807, 2.05) is 0 Å². The van der Waals surface area contributed by atoms with Gasteiger partial charge in [-0.3, -0.25) is 9.69 Å². The van der Waals surface area contributed by atoms with Crippen LogP contribution < -0.4 is 5.32 Å². The number of nitrogens with zero attached hydrogens (tertiary/aromatic N) is 2. The van der Waals surface area contributed by atoms with E-state index in [0.717, 1.165) is 36.4 Å². The quantitative estimate of drug-likeness (QED) is 0.580. The molecule has 0 radical (unpaired) electrons.